The Labute approximate surface area is 101 Å². The number of hydrogen-bond donors (Lipinski definition) is 2. The van der Waals surface area contributed by atoms with Gasteiger partial charge in [-0.2, -0.15) is 0 Å². The minimum Gasteiger partial charge on any atom is -0.396 e. The van der Waals surface area contributed by atoms with E-state index in [0.29, 0.717) is 6.61 Å². The van der Waals surface area contributed by atoms with Crippen LogP contribution in [0.25, 0.3) is 0 Å². The van der Waals surface area contributed by atoms with Crippen LogP contribution in [0.3, 0.4) is 0 Å². The second-order valence-corrected chi connectivity index (χ2v) is 6.34. The normalized spacial score (nSPS) is 19.8. The fourth-order valence-corrected chi connectivity index (χ4v) is 2.89. The first-order valence-electron chi connectivity index (χ1n) is 5.84. The number of aryl methyl sites for hydroxylation is 2. The molecule has 0 amide bonds. The van der Waals surface area contributed by atoms with Gasteiger partial charge < -0.3 is 10.4 Å². The second-order valence-electron chi connectivity index (χ2n) is 4.94. The van der Waals surface area contributed by atoms with Gasteiger partial charge in [0.2, 0.25) is 0 Å². The van der Waals surface area contributed by atoms with Gasteiger partial charge in [0.05, 0.1) is 10.7 Å². The first-order valence-corrected chi connectivity index (χ1v) is 6.66. The first-order chi connectivity index (χ1) is 7.56. The van der Waals surface area contributed by atoms with Crippen LogP contribution in [0.1, 0.15) is 41.4 Å². The van der Waals surface area contributed by atoms with Crippen LogP contribution >= 0.6 is 11.3 Å². The Morgan fingerprint density at radius 1 is 1.50 bits per heavy atom. The molecule has 0 aromatic carbocycles. The molecule has 1 heterocycles. The van der Waals surface area contributed by atoms with Gasteiger partial charge >= 0.3 is 0 Å². The number of thiazole rings is 1. The average Bonchev–Trinajstić information content (AvgIpc) is 2.96. The summed E-state index contributed by atoms with van der Waals surface area (Å²) < 4.78 is 0. The minimum absolute atomic E-state index is 0.174. The highest BCUT2D eigenvalue weighted by atomic mass is 32.1. The zero-order valence-electron chi connectivity index (χ0n) is 10.2. The Balaban J connectivity index is 1.93. The van der Waals surface area contributed by atoms with E-state index < -0.39 is 0 Å². The maximum atomic E-state index is 9.25. The first kappa shape index (κ1) is 12.0. The molecule has 1 saturated carbocycles. The van der Waals surface area contributed by atoms with Crippen LogP contribution in [-0.2, 0) is 0 Å². The van der Waals surface area contributed by atoms with Crippen LogP contribution < -0.4 is 5.32 Å². The average molecular weight is 240 g/mol. The number of aliphatic hydroxyl groups is 1. The summed E-state index contributed by atoms with van der Waals surface area (Å²) in [6.07, 6.45) is 2.30. The fraction of sp³-hybridized carbons (Fsp3) is 0.750. The topological polar surface area (TPSA) is 45.2 Å². The summed E-state index contributed by atoms with van der Waals surface area (Å²) in [5.74, 6) is 0. The summed E-state index contributed by atoms with van der Waals surface area (Å²) in [7, 11) is 0. The third-order valence-electron chi connectivity index (χ3n) is 3.43. The van der Waals surface area contributed by atoms with Crippen LogP contribution in [-0.4, -0.2) is 23.2 Å². The van der Waals surface area contributed by atoms with E-state index in [9.17, 15) is 5.11 Å². The van der Waals surface area contributed by atoms with Crippen molar-refractivity contribution in [3.63, 3.8) is 0 Å². The lowest BCUT2D eigenvalue weighted by Gasteiger charge is -2.17. The molecule has 0 saturated heterocycles. The molecule has 1 aromatic rings. The largest absolute Gasteiger partial charge is 0.396 e. The molecule has 1 aliphatic rings. The molecule has 1 unspecified atom stereocenters. The number of aromatic nitrogens is 1. The smallest absolute Gasteiger partial charge is 0.0900 e. The molecule has 0 aliphatic heterocycles. The van der Waals surface area contributed by atoms with E-state index in [1.54, 1.807) is 11.3 Å². The molecule has 1 aliphatic carbocycles. The number of hydrogen-bond acceptors (Lipinski definition) is 4. The molecule has 0 bridgehead atoms. The molecule has 2 rings (SSSR count). The maximum absolute atomic E-state index is 9.25. The van der Waals surface area contributed by atoms with Crippen molar-refractivity contribution >= 4 is 11.3 Å². The van der Waals surface area contributed by atoms with Crippen LogP contribution in [0, 0.1) is 19.3 Å². The number of nitrogens with one attached hydrogen (secondary N) is 1. The van der Waals surface area contributed by atoms with Crippen molar-refractivity contribution in [1.29, 1.82) is 0 Å². The van der Waals surface area contributed by atoms with E-state index in [0.717, 1.165) is 30.1 Å². The molecule has 1 fully saturated rings. The summed E-state index contributed by atoms with van der Waals surface area (Å²) in [5.41, 5.74) is 1.34. The zero-order chi connectivity index (χ0) is 11.8. The highest BCUT2D eigenvalue weighted by Gasteiger charge is 2.41. The Morgan fingerprint density at radius 3 is 2.62 bits per heavy atom. The SMILES string of the molecule is Cc1nc(C(C)NCC2(CO)CC2)c(C)s1. The molecule has 16 heavy (non-hydrogen) atoms. The molecule has 0 radical (unpaired) electrons. The monoisotopic (exact) mass is 240 g/mol. The van der Waals surface area contributed by atoms with E-state index in [-0.39, 0.29) is 11.5 Å². The van der Waals surface area contributed by atoms with Crippen molar-refractivity contribution in [3.8, 4) is 0 Å². The van der Waals surface area contributed by atoms with Gasteiger partial charge in [-0.1, -0.05) is 0 Å². The second kappa shape index (κ2) is 4.43. The van der Waals surface area contributed by atoms with Gasteiger partial charge in [-0.05, 0) is 33.6 Å². The Bertz CT molecular complexity index is 371. The lowest BCUT2D eigenvalue weighted by molar-refractivity contribution is 0.204. The van der Waals surface area contributed by atoms with Gasteiger partial charge in [0.15, 0.2) is 0 Å². The summed E-state index contributed by atoms with van der Waals surface area (Å²) >= 11 is 1.75. The summed E-state index contributed by atoms with van der Waals surface area (Å²) in [5, 5.41) is 13.9. The van der Waals surface area contributed by atoms with E-state index >= 15 is 0 Å². The highest BCUT2D eigenvalue weighted by molar-refractivity contribution is 7.11. The third-order valence-corrected chi connectivity index (χ3v) is 4.33. The molecular weight excluding hydrogens is 220 g/mol. The predicted molar refractivity (Wildman–Crippen MR) is 66.8 cm³/mol. The molecule has 3 nitrogen and oxygen atoms in total. The van der Waals surface area contributed by atoms with E-state index in [1.165, 1.54) is 4.88 Å². The van der Waals surface area contributed by atoms with Gasteiger partial charge in [0.25, 0.3) is 0 Å². The van der Waals surface area contributed by atoms with Gasteiger partial charge in [-0.15, -0.1) is 11.3 Å². The van der Waals surface area contributed by atoms with Crippen molar-refractivity contribution in [2.24, 2.45) is 5.41 Å². The number of aliphatic hydroxyl groups excluding tert-OH is 1. The van der Waals surface area contributed by atoms with Gasteiger partial charge in [-0.25, -0.2) is 4.98 Å². The van der Waals surface area contributed by atoms with Crippen LogP contribution in [0.2, 0.25) is 0 Å². The quantitative estimate of drug-likeness (QED) is 0.829. The van der Waals surface area contributed by atoms with Gasteiger partial charge in [-0.3, -0.25) is 0 Å². The lowest BCUT2D eigenvalue weighted by Crippen LogP contribution is -2.29. The van der Waals surface area contributed by atoms with E-state index in [1.807, 2.05) is 6.92 Å². The molecular formula is C12H20N2OS. The number of nitrogens with zero attached hydrogens (tertiary/aromatic N) is 1. The van der Waals surface area contributed by atoms with Gasteiger partial charge in [0, 0.05) is 29.5 Å². The summed E-state index contributed by atoms with van der Waals surface area (Å²) in [6.45, 7) is 7.53. The summed E-state index contributed by atoms with van der Waals surface area (Å²) in [4.78, 5) is 5.85. The van der Waals surface area contributed by atoms with Crippen molar-refractivity contribution in [3.05, 3.63) is 15.6 Å². The fourth-order valence-electron chi connectivity index (χ4n) is 1.98. The predicted octanol–water partition coefficient (Wildman–Crippen LogP) is 2.18. The van der Waals surface area contributed by atoms with Crippen molar-refractivity contribution < 1.29 is 5.11 Å². The van der Waals surface area contributed by atoms with Crippen molar-refractivity contribution in [2.45, 2.75) is 39.7 Å². The van der Waals surface area contributed by atoms with Gasteiger partial charge in [0.1, 0.15) is 0 Å². The maximum Gasteiger partial charge on any atom is 0.0900 e. The molecule has 4 heteroatoms. The molecule has 90 valence electrons. The molecule has 0 spiro atoms. The molecule has 1 aromatic heterocycles. The van der Waals surface area contributed by atoms with Crippen molar-refractivity contribution in [1.82, 2.24) is 10.3 Å². The Morgan fingerprint density at radius 2 is 2.19 bits per heavy atom. The lowest BCUT2D eigenvalue weighted by atomic mass is 10.1. The van der Waals surface area contributed by atoms with E-state index in [2.05, 4.69) is 24.1 Å². The standard InChI is InChI=1S/C12H20N2OS/c1-8(11-9(2)16-10(3)14-11)13-6-12(7-15)4-5-12/h8,13,15H,4-7H2,1-3H3. The minimum atomic E-state index is 0.174. The van der Waals surface area contributed by atoms with Crippen LogP contribution in [0.5, 0.6) is 0 Å². The Hall–Kier alpha value is -0.450. The van der Waals surface area contributed by atoms with E-state index in [4.69, 9.17) is 0 Å². The zero-order valence-corrected chi connectivity index (χ0v) is 11.0. The Kier molecular flexibility index (Phi) is 3.33. The van der Waals surface area contributed by atoms with Crippen LogP contribution in [0.15, 0.2) is 0 Å². The third kappa shape index (κ3) is 2.44. The highest BCUT2D eigenvalue weighted by Crippen LogP contribution is 2.44. The molecule has 2 N–H and O–H groups in total. The van der Waals surface area contributed by atoms with Crippen molar-refractivity contribution in [2.75, 3.05) is 13.2 Å². The molecule has 1 atom stereocenters. The van der Waals surface area contributed by atoms with Crippen LogP contribution in [0.4, 0.5) is 0 Å². The summed E-state index contributed by atoms with van der Waals surface area (Å²) in [6, 6.07) is 0.286. The number of rotatable bonds is 5.